The highest BCUT2D eigenvalue weighted by Crippen LogP contribution is 2.27. The molecule has 0 radical (unpaired) electrons. The van der Waals surface area contributed by atoms with Crippen molar-refractivity contribution in [3.8, 4) is 0 Å². The van der Waals surface area contributed by atoms with Crippen molar-refractivity contribution in [2.45, 2.75) is 31.6 Å². The standard InChI is InChI=1S/C22H29N3O3S/c1-17(2)20-11-7-8-18(3)22(20)23-21(26)16-24-12-14-25(15-13-24)29(27,28)19-9-5-4-6-10-19/h4-11,17H,12-16H2,1-3H3,(H,23,26)/p+1. The molecular weight excluding hydrogens is 386 g/mol. The molecule has 2 aromatic carbocycles. The van der Waals surface area contributed by atoms with Crippen LogP contribution in [-0.2, 0) is 14.8 Å². The molecule has 0 bridgehead atoms. The van der Waals surface area contributed by atoms with Gasteiger partial charge >= 0.3 is 0 Å². The molecule has 1 heterocycles. The second-order valence-corrected chi connectivity index (χ2v) is 9.82. The summed E-state index contributed by atoms with van der Waals surface area (Å²) in [5.74, 6) is 0.292. The number of carbonyl (C=O) groups is 1. The first kappa shape index (κ1) is 21.5. The lowest BCUT2D eigenvalue weighted by atomic mass is 9.98. The Morgan fingerprint density at radius 2 is 1.72 bits per heavy atom. The number of benzene rings is 2. The summed E-state index contributed by atoms with van der Waals surface area (Å²) in [6.45, 7) is 8.63. The van der Waals surface area contributed by atoms with Gasteiger partial charge in [-0.3, -0.25) is 4.79 Å². The number of quaternary nitrogens is 1. The minimum absolute atomic E-state index is 0.0319. The Morgan fingerprint density at radius 1 is 1.07 bits per heavy atom. The van der Waals surface area contributed by atoms with E-state index in [4.69, 9.17) is 0 Å². The van der Waals surface area contributed by atoms with Crippen LogP contribution in [0.15, 0.2) is 53.4 Å². The molecule has 1 amide bonds. The van der Waals surface area contributed by atoms with Gasteiger partial charge in [0.05, 0.1) is 31.1 Å². The molecule has 3 rings (SSSR count). The highest BCUT2D eigenvalue weighted by molar-refractivity contribution is 7.89. The monoisotopic (exact) mass is 416 g/mol. The molecule has 0 aliphatic carbocycles. The Kier molecular flexibility index (Phi) is 6.72. The normalized spacial score (nSPS) is 16.1. The average molecular weight is 417 g/mol. The molecule has 0 aromatic heterocycles. The van der Waals surface area contributed by atoms with Gasteiger partial charge < -0.3 is 10.2 Å². The van der Waals surface area contributed by atoms with Crippen LogP contribution in [0.2, 0.25) is 0 Å². The number of anilines is 1. The van der Waals surface area contributed by atoms with Crippen LogP contribution in [0, 0.1) is 6.92 Å². The third kappa shape index (κ3) is 5.04. The molecule has 0 saturated carbocycles. The van der Waals surface area contributed by atoms with Crippen LogP contribution in [-0.4, -0.2) is 51.4 Å². The molecular formula is C22H30N3O3S+. The number of nitrogens with zero attached hydrogens (tertiary/aromatic N) is 1. The molecule has 2 N–H and O–H groups in total. The van der Waals surface area contributed by atoms with Crippen LogP contribution >= 0.6 is 0 Å². The summed E-state index contributed by atoms with van der Waals surface area (Å²) in [7, 11) is -3.46. The molecule has 0 spiro atoms. The van der Waals surface area contributed by atoms with Crippen molar-refractivity contribution < 1.29 is 18.1 Å². The first-order valence-corrected chi connectivity index (χ1v) is 11.5. The molecule has 156 valence electrons. The fourth-order valence-electron chi connectivity index (χ4n) is 3.71. The number of hydrogen-bond acceptors (Lipinski definition) is 3. The summed E-state index contributed by atoms with van der Waals surface area (Å²) in [4.78, 5) is 14.1. The van der Waals surface area contributed by atoms with Gasteiger partial charge in [0.25, 0.3) is 5.91 Å². The maximum atomic E-state index is 12.7. The topological polar surface area (TPSA) is 70.9 Å². The van der Waals surface area contributed by atoms with Crippen molar-refractivity contribution in [3.63, 3.8) is 0 Å². The van der Waals surface area contributed by atoms with Crippen molar-refractivity contribution >= 4 is 21.6 Å². The highest BCUT2D eigenvalue weighted by atomic mass is 32.2. The van der Waals surface area contributed by atoms with Gasteiger partial charge in [-0.15, -0.1) is 0 Å². The Hall–Kier alpha value is -2.22. The molecule has 7 heteroatoms. The minimum atomic E-state index is -3.46. The summed E-state index contributed by atoms with van der Waals surface area (Å²) < 4.78 is 27.0. The van der Waals surface area contributed by atoms with Gasteiger partial charge in [-0.05, 0) is 36.1 Å². The maximum Gasteiger partial charge on any atom is 0.279 e. The number of aryl methyl sites for hydroxylation is 1. The van der Waals surface area contributed by atoms with Crippen LogP contribution in [0.1, 0.15) is 30.9 Å². The number of hydrogen-bond donors (Lipinski definition) is 2. The molecule has 2 aromatic rings. The smallest absolute Gasteiger partial charge is 0.279 e. The molecule has 0 atom stereocenters. The van der Waals surface area contributed by atoms with E-state index >= 15 is 0 Å². The van der Waals surface area contributed by atoms with Crippen LogP contribution in [0.4, 0.5) is 5.69 Å². The number of rotatable bonds is 6. The molecule has 6 nitrogen and oxygen atoms in total. The van der Waals surface area contributed by atoms with Crippen molar-refractivity contribution in [1.29, 1.82) is 0 Å². The molecule has 1 saturated heterocycles. The first-order chi connectivity index (χ1) is 13.8. The Morgan fingerprint density at radius 3 is 2.34 bits per heavy atom. The summed E-state index contributed by atoms with van der Waals surface area (Å²) in [5.41, 5.74) is 3.09. The Balaban J connectivity index is 1.58. The zero-order valence-electron chi connectivity index (χ0n) is 17.3. The molecule has 29 heavy (non-hydrogen) atoms. The van der Waals surface area contributed by atoms with E-state index in [1.54, 1.807) is 30.3 Å². The second kappa shape index (κ2) is 9.07. The van der Waals surface area contributed by atoms with Gasteiger partial charge in [0.15, 0.2) is 6.54 Å². The van der Waals surface area contributed by atoms with E-state index in [2.05, 4.69) is 19.2 Å². The van der Waals surface area contributed by atoms with Crippen LogP contribution in [0.25, 0.3) is 0 Å². The van der Waals surface area contributed by atoms with Crippen LogP contribution < -0.4 is 10.2 Å². The summed E-state index contributed by atoms with van der Waals surface area (Å²) in [6, 6.07) is 14.6. The summed E-state index contributed by atoms with van der Waals surface area (Å²) in [5, 5.41) is 3.08. The fourth-order valence-corrected chi connectivity index (χ4v) is 5.18. The number of amides is 1. The van der Waals surface area contributed by atoms with Crippen molar-refractivity contribution in [3.05, 3.63) is 59.7 Å². The fraction of sp³-hybridized carbons (Fsp3) is 0.409. The van der Waals surface area contributed by atoms with E-state index in [1.165, 1.54) is 4.31 Å². The Labute approximate surface area is 173 Å². The number of carbonyl (C=O) groups excluding carboxylic acids is 1. The second-order valence-electron chi connectivity index (χ2n) is 7.89. The first-order valence-electron chi connectivity index (χ1n) is 10.1. The van der Waals surface area contributed by atoms with E-state index in [9.17, 15) is 13.2 Å². The van der Waals surface area contributed by atoms with E-state index < -0.39 is 10.0 Å². The maximum absolute atomic E-state index is 12.7. The van der Waals surface area contributed by atoms with E-state index in [1.807, 2.05) is 25.1 Å². The zero-order chi connectivity index (χ0) is 21.0. The lowest BCUT2D eigenvalue weighted by Gasteiger charge is -2.31. The third-order valence-electron chi connectivity index (χ3n) is 5.41. The van der Waals surface area contributed by atoms with Gasteiger partial charge in [-0.25, -0.2) is 8.42 Å². The van der Waals surface area contributed by atoms with Crippen molar-refractivity contribution in [1.82, 2.24) is 4.31 Å². The number of para-hydroxylation sites is 1. The van der Waals surface area contributed by atoms with Crippen molar-refractivity contribution in [2.75, 3.05) is 38.0 Å². The molecule has 0 unspecified atom stereocenters. The SMILES string of the molecule is Cc1cccc(C(C)C)c1NC(=O)C[NH+]1CCN(S(=O)(=O)c2ccccc2)CC1. The lowest BCUT2D eigenvalue weighted by Crippen LogP contribution is -3.15. The number of piperazine rings is 1. The van der Waals surface area contributed by atoms with Gasteiger partial charge in [0, 0.05) is 5.69 Å². The van der Waals surface area contributed by atoms with Gasteiger partial charge in [-0.1, -0.05) is 50.2 Å². The molecule has 1 aliphatic heterocycles. The van der Waals surface area contributed by atoms with E-state index in [-0.39, 0.29) is 5.91 Å². The average Bonchev–Trinajstić information content (AvgIpc) is 2.70. The predicted molar refractivity (Wildman–Crippen MR) is 115 cm³/mol. The number of sulfonamides is 1. The minimum Gasteiger partial charge on any atom is -0.325 e. The predicted octanol–water partition coefficient (Wildman–Crippen LogP) is 1.65. The quantitative estimate of drug-likeness (QED) is 0.752. The van der Waals surface area contributed by atoms with Crippen molar-refractivity contribution in [2.24, 2.45) is 0 Å². The van der Waals surface area contributed by atoms with E-state index in [0.717, 1.165) is 21.7 Å². The van der Waals surface area contributed by atoms with E-state index in [0.29, 0.717) is 43.5 Å². The number of nitrogens with one attached hydrogen (secondary N) is 2. The van der Waals surface area contributed by atoms with Crippen LogP contribution in [0.3, 0.4) is 0 Å². The third-order valence-corrected chi connectivity index (χ3v) is 7.33. The summed E-state index contributed by atoms with van der Waals surface area (Å²) in [6.07, 6.45) is 0. The summed E-state index contributed by atoms with van der Waals surface area (Å²) >= 11 is 0. The molecule has 1 aliphatic rings. The van der Waals surface area contributed by atoms with Gasteiger partial charge in [0.2, 0.25) is 10.0 Å². The molecule has 1 fully saturated rings. The van der Waals surface area contributed by atoms with Gasteiger partial charge in [0.1, 0.15) is 0 Å². The Bertz CT molecular complexity index is 951. The zero-order valence-corrected chi connectivity index (χ0v) is 18.1. The lowest BCUT2D eigenvalue weighted by molar-refractivity contribution is -0.895. The highest BCUT2D eigenvalue weighted by Gasteiger charge is 2.31. The largest absolute Gasteiger partial charge is 0.325 e. The van der Waals surface area contributed by atoms with Crippen LogP contribution in [0.5, 0.6) is 0 Å². The van der Waals surface area contributed by atoms with Gasteiger partial charge in [-0.2, -0.15) is 4.31 Å².